The summed E-state index contributed by atoms with van der Waals surface area (Å²) in [7, 11) is 0. The first-order chi connectivity index (χ1) is 17.4. The fraction of sp³-hybridized carbons (Fsp3) is 1.00. The molecule has 210 valence electrons. The molecule has 1 fully saturated rings. The predicted molar refractivity (Wildman–Crippen MR) is 162 cm³/mol. The van der Waals surface area contributed by atoms with Crippen molar-refractivity contribution in [1.82, 2.24) is 0 Å². The molecule has 1 rings (SSSR count). The second kappa shape index (κ2) is 28.6. The van der Waals surface area contributed by atoms with Crippen LogP contribution in [0.25, 0.3) is 0 Å². The molecule has 0 radical (unpaired) electrons. The molecule has 0 spiro atoms. The van der Waals surface area contributed by atoms with E-state index in [-0.39, 0.29) is 0 Å². The molecule has 0 amide bonds. The summed E-state index contributed by atoms with van der Waals surface area (Å²) in [6.45, 7) is 2.31. The molecule has 0 atom stereocenters. The van der Waals surface area contributed by atoms with Crippen molar-refractivity contribution in [3.8, 4) is 0 Å². The standard InChI is InChI=1S/C35H70/c1-2-3-4-5-6-7-8-9-10-11-12-13-14-15-16-17-18-19-20-21-22-23-24-25-26-27-28-29-32-35-33-30-31-34-35/h35H,2-34H2,1H3. The van der Waals surface area contributed by atoms with Crippen molar-refractivity contribution in [1.29, 1.82) is 0 Å². The van der Waals surface area contributed by atoms with Crippen LogP contribution in [0.15, 0.2) is 0 Å². The maximum atomic E-state index is 2.31. The van der Waals surface area contributed by atoms with Gasteiger partial charge < -0.3 is 0 Å². The average Bonchev–Trinajstić information content (AvgIpc) is 3.39. The molecule has 0 unspecified atom stereocenters. The minimum atomic E-state index is 1.11. The normalized spacial score (nSPS) is 14.3. The van der Waals surface area contributed by atoms with Gasteiger partial charge in [-0.2, -0.15) is 0 Å². The first-order valence-corrected chi connectivity index (χ1v) is 17.4. The molecule has 1 aliphatic carbocycles. The van der Waals surface area contributed by atoms with Crippen LogP contribution in [-0.2, 0) is 0 Å². The van der Waals surface area contributed by atoms with Gasteiger partial charge in [-0.15, -0.1) is 0 Å². The SMILES string of the molecule is CCCCCCCCCCCCCCCCCCCCCCCCCCCCCCC1CCCC1. The molecule has 0 aromatic heterocycles. The molecule has 0 N–H and O–H groups in total. The zero-order chi connectivity index (χ0) is 24.9. The second-order valence-corrected chi connectivity index (χ2v) is 12.5. The van der Waals surface area contributed by atoms with E-state index in [0.29, 0.717) is 0 Å². The Hall–Kier alpha value is 0. The third-order valence-corrected chi connectivity index (χ3v) is 8.94. The molecule has 0 nitrogen and oxygen atoms in total. The second-order valence-electron chi connectivity index (χ2n) is 12.5. The molecule has 0 saturated heterocycles. The van der Waals surface area contributed by atoms with Crippen LogP contribution in [0.2, 0.25) is 0 Å². The highest BCUT2D eigenvalue weighted by atomic mass is 14.2. The van der Waals surface area contributed by atoms with Gasteiger partial charge in [0.2, 0.25) is 0 Å². The van der Waals surface area contributed by atoms with Crippen molar-refractivity contribution in [2.75, 3.05) is 0 Å². The van der Waals surface area contributed by atoms with Crippen molar-refractivity contribution >= 4 is 0 Å². The van der Waals surface area contributed by atoms with E-state index in [9.17, 15) is 0 Å². The number of hydrogen-bond donors (Lipinski definition) is 0. The van der Waals surface area contributed by atoms with Gasteiger partial charge in [0.15, 0.2) is 0 Å². The van der Waals surface area contributed by atoms with Crippen molar-refractivity contribution in [2.45, 2.75) is 219 Å². The lowest BCUT2D eigenvalue weighted by Crippen LogP contribution is -1.92. The summed E-state index contributed by atoms with van der Waals surface area (Å²) in [6, 6.07) is 0. The highest BCUT2D eigenvalue weighted by molar-refractivity contribution is 4.67. The Morgan fingerprint density at radius 1 is 0.314 bits per heavy atom. The molecule has 35 heavy (non-hydrogen) atoms. The molecule has 0 aliphatic heterocycles. The van der Waals surface area contributed by atoms with Crippen molar-refractivity contribution in [3.63, 3.8) is 0 Å². The lowest BCUT2D eigenvalue weighted by atomic mass is 9.98. The van der Waals surface area contributed by atoms with Gasteiger partial charge in [-0.05, 0) is 5.92 Å². The van der Waals surface area contributed by atoms with Crippen LogP contribution in [-0.4, -0.2) is 0 Å². The molecule has 0 aromatic carbocycles. The lowest BCUT2D eigenvalue weighted by Gasteiger charge is -2.08. The van der Waals surface area contributed by atoms with Crippen molar-refractivity contribution in [2.24, 2.45) is 5.92 Å². The zero-order valence-corrected chi connectivity index (χ0v) is 24.9. The topological polar surface area (TPSA) is 0 Å². The van der Waals surface area contributed by atoms with Crippen molar-refractivity contribution in [3.05, 3.63) is 0 Å². The summed E-state index contributed by atoms with van der Waals surface area (Å²) in [4.78, 5) is 0. The fourth-order valence-electron chi connectivity index (χ4n) is 6.40. The predicted octanol–water partition coefficient (Wildman–Crippen LogP) is 13.5. The van der Waals surface area contributed by atoms with Gasteiger partial charge in [-0.3, -0.25) is 0 Å². The Bertz CT molecular complexity index is 366. The highest BCUT2D eigenvalue weighted by Crippen LogP contribution is 2.29. The van der Waals surface area contributed by atoms with E-state index < -0.39 is 0 Å². The Morgan fingerprint density at radius 3 is 0.800 bits per heavy atom. The van der Waals surface area contributed by atoms with Crippen LogP contribution >= 0.6 is 0 Å². The maximum Gasteiger partial charge on any atom is -0.0414 e. The zero-order valence-electron chi connectivity index (χ0n) is 24.9. The molecule has 0 heteroatoms. The van der Waals surface area contributed by atoms with E-state index >= 15 is 0 Å². The monoisotopic (exact) mass is 491 g/mol. The van der Waals surface area contributed by atoms with Crippen LogP contribution in [0.4, 0.5) is 0 Å². The Morgan fingerprint density at radius 2 is 0.543 bits per heavy atom. The highest BCUT2D eigenvalue weighted by Gasteiger charge is 2.13. The smallest absolute Gasteiger partial charge is 0.0414 e. The molecule has 1 saturated carbocycles. The summed E-state index contributed by atoms with van der Waals surface area (Å²) in [5.41, 5.74) is 0. The Balaban J connectivity index is 1.60. The van der Waals surface area contributed by atoms with Crippen LogP contribution in [0, 0.1) is 5.92 Å². The van der Waals surface area contributed by atoms with E-state index in [2.05, 4.69) is 6.92 Å². The van der Waals surface area contributed by atoms with Crippen LogP contribution < -0.4 is 0 Å². The molecular formula is C35H70. The number of hydrogen-bond acceptors (Lipinski definition) is 0. The minimum absolute atomic E-state index is 1.11. The van der Waals surface area contributed by atoms with Gasteiger partial charge in [0.05, 0.1) is 0 Å². The third-order valence-electron chi connectivity index (χ3n) is 8.94. The van der Waals surface area contributed by atoms with E-state index in [1.165, 1.54) is 193 Å². The quantitative estimate of drug-likeness (QED) is 0.0914. The molecule has 0 heterocycles. The number of unbranched alkanes of at least 4 members (excludes halogenated alkanes) is 27. The van der Waals surface area contributed by atoms with Gasteiger partial charge >= 0.3 is 0 Å². The third kappa shape index (κ3) is 25.4. The van der Waals surface area contributed by atoms with Crippen LogP contribution in [0.1, 0.15) is 219 Å². The molecule has 1 aliphatic rings. The fourth-order valence-corrected chi connectivity index (χ4v) is 6.40. The lowest BCUT2D eigenvalue weighted by molar-refractivity contribution is 0.459. The van der Waals surface area contributed by atoms with E-state index in [0.717, 1.165) is 5.92 Å². The average molecular weight is 491 g/mol. The first-order valence-electron chi connectivity index (χ1n) is 17.4. The summed E-state index contributed by atoms with van der Waals surface area (Å²) in [5, 5.41) is 0. The van der Waals surface area contributed by atoms with E-state index in [1.54, 1.807) is 19.3 Å². The molecular weight excluding hydrogens is 420 g/mol. The molecule has 0 bridgehead atoms. The van der Waals surface area contributed by atoms with Crippen LogP contribution in [0.3, 0.4) is 0 Å². The summed E-state index contributed by atoms with van der Waals surface area (Å²) in [6.07, 6.45) is 49.4. The van der Waals surface area contributed by atoms with E-state index in [1.807, 2.05) is 0 Å². The van der Waals surface area contributed by atoms with Crippen molar-refractivity contribution < 1.29 is 0 Å². The first kappa shape index (κ1) is 33.0. The van der Waals surface area contributed by atoms with Gasteiger partial charge in [0, 0.05) is 0 Å². The van der Waals surface area contributed by atoms with E-state index in [4.69, 9.17) is 0 Å². The summed E-state index contributed by atoms with van der Waals surface area (Å²) >= 11 is 0. The summed E-state index contributed by atoms with van der Waals surface area (Å²) in [5.74, 6) is 1.11. The number of rotatable bonds is 29. The minimum Gasteiger partial charge on any atom is -0.0654 e. The maximum absolute atomic E-state index is 2.31. The Labute approximate surface area is 224 Å². The largest absolute Gasteiger partial charge is 0.0654 e. The van der Waals surface area contributed by atoms with Gasteiger partial charge in [0.25, 0.3) is 0 Å². The van der Waals surface area contributed by atoms with Crippen LogP contribution in [0.5, 0.6) is 0 Å². The summed E-state index contributed by atoms with van der Waals surface area (Å²) < 4.78 is 0. The Kier molecular flexibility index (Phi) is 27.0. The van der Waals surface area contributed by atoms with Gasteiger partial charge in [-0.25, -0.2) is 0 Å². The van der Waals surface area contributed by atoms with Gasteiger partial charge in [0.1, 0.15) is 0 Å². The van der Waals surface area contributed by atoms with Gasteiger partial charge in [-0.1, -0.05) is 219 Å². The molecule has 0 aromatic rings.